The summed E-state index contributed by atoms with van der Waals surface area (Å²) in [4.78, 5) is 0. The molecule has 1 N–H and O–H groups in total. The molecular formula is C13H17BrF3N. The van der Waals surface area contributed by atoms with Gasteiger partial charge in [0.2, 0.25) is 0 Å². The van der Waals surface area contributed by atoms with Gasteiger partial charge in [-0.25, -0.2) is 0 Å². The second-order valence-corrected chi connectivity index (χ2v) is 5.56. The van der Waals surface area contributed by atoms with E-state index in [1.807, 2.05) is 13.8 Å². The minimum Gasteiger partial charge on any atom is -0.313 e. The van der Waals surface area contributed by atoms with Crippen LogP contribution >= 0.6 is 15.9 Å². The van der Waals surface area contributed by atoms with Gasteiger partial charge in [0.15, 0.2) is 0 Å². The van der Waals surface area contributed by atoms with Crippen molar-refractivity contribution in [1.82, 2.24) is 5.32 Å². The lowest BCUT2D eigenvalue weighted by molar-refractivity contribution is -0.138. The monoisotopic (exact) mass is 323 g/mol. The zero-order valence-electron chi connectivity index (χ0n) is 10.6. The van der Waals surface area contributed by atoms with Crippen molar-refractivity contribution >= 4 is 15.9 Å². The molecule has 18 heavy (non-hydrogen) atoms. The molecule has 0 aliphatic carbocycles. The molecule has 0 saturated carbocycles. The molecular weight excluding hydrogens is 307 g/mol. The first-order chi connectivity index (χ1) is 8.25. The third-order valence-corrected chi connectivity index (χ3v) is 3.45. The fraction of sp³-hybridized carbons (Fsp3) is 0.538. The van der Waals surface area contributed by atoms with E-state index in [1.54, 1.807) is 13.1 Å². The quantitative estimate of drug-likeness (QED) is 0.841. The normalized spacial score (nSPS) is 14.0. The zero-order chi connectivity index (χ0) is 13.9. The van der Waals surface area contributed by atoms with Crippen LogP contribution in [0.25, 0.3) is 0 Å². The topological polar surface area (TPSA) is 12.0 Å². The molecule has 0 aromatic heterocycles. The molecule has 0 spiro atoms. The van der Waals surface area contributed by atoms with Gasteiger partial charge in [-0.15, -0.1) is 0 Å². The Morgan fingerprint density at radius 3 is 2.33 bits per heavy atom. The largest absolute Gasteiger partial charge is 0.417 e. The number of alkyl halides is 3. The lowest BCUT2D eigenvalue weighted by Gasteiger charge is -2.20. The van der Waals surface area contributed by atoms with Gasteiger partial charge in [-0.05, 0) is 37.1 Å². The van der Waals surface area contributed by atoms with E-state index in [-0.39, 0.29) is 10.5 Å². The Bertz CT molecular complexity index is 402. The molecule has 5 heteroatoms. The van der Waals surface area contributed by atoms with Gasteiger partial charge in [0, 0.05) is 10.5 Å². The molecule has 1 unspecified atom stereocenters. The first kappa shape index (κ1) is 15.5. The highest BCUT2D eigenvalue weighted by Gasteiger charge is 2.33. The van der Waals surface area contributed by atoms with Crippen molar-refractivity contribution in [2.45, 2.75) is 32.5 Å². The van der Waals surface area contributed by atoms with E-state index in [9.17, 15) is 13.2 Å². The van der Waals surface area contributed by atoms with Gasteiger partial charge in [0.25, 0.3) is 0 Å². The molecule has 1 aromatic rings. The van der Waals surface area contributed by atoms with Crippen LogP contribution in [0.5, 0.6) is 0 Å². The highest BCUT2D eigenvalue weighted by Crippen LogP contribution is 2.36. The first-order valence-corrected chi connectivity index (χ1v) is 6.59. The molecule has 0 aliphatic heterocycles. The molecule has 0 fully saturated rings. The summed E-state index contributed by atoms with van der Waals surface area (Å²) < 4.78 is 38.5. The Hall–Kier alpha value is -0.550. The lowest BCUT2D eigenvalue weighted by atomic mass is 9.96. The lowest BCUT2D eigenvalue weighted by Crippen LogP contribution is -2.19. The standard InChI is InChI=1S/C13H17BrF3N/c1-8(2)6-12(18-3)9-4-5-11(14)10(7-9)13(15,16)17/h4-5,7-8,12,18H,6H2,1-3H3. The highest BCUT2D eigenvalue weighted by molar-refractivity contribution is 9.10. The Morgan fingerprint density at radius 2 is 1.89 bits per heavy atom. The number of nitrogens with one attached hydrogen (secondary N) is 1. The average molecular weight is 324 g/mol. The maximum Gasteiger partial charge on any atom is 0.417 e. The number of halogens is 4. The van der Waals surface area contributed by atoms with E-state index in [2.05, 4.69) is 21.2 Å². The minimum absolute atomic E-state index is 0.0563. The summed E-state index contributed by atoms with van der Waals surface area (Å²) in [5.41, 5.74) is 0.0470. The number of benzene rings is 1. The van der Waals surface area contributed by atoms with Crippen molar-refractivity contribution in [3.63, 3.8) is 0 Å². The van der Waals surface area contributed by atoms with Crippen molar-refractivity contribution in [3.05, 3.63) is 33.8 Å². The average Bonchev–Trinajstić information content (AvgIpc) is 2.25. The van der Waals surface area contributed by atoms with E-state index in [0.717, 1.165) is 6.42 Å². The molecule has 1 aromatic carbocycles. The maximum atomic E-state index is 12.8. The predicted molar refractivity (Wildman–Crippen MR) is 70.4 cm³/mol. The molecule has 1 nitrogen and oxygen atoms in total. The van der Waals surface area contributed by atoms with E-state index in [0.29, 0.717) is 11.5 Å². The summed E-state index contributed by atoms with van der Waals surface area (Å²) in [7, 11) is 1.77. The summed E-state index contributed by atoms with van der Waals surface area (Å²) >= 11 is 2.95. The van der Waals surface area contributed by atoms with Crippen LogP contribution in [0.2, 0.25) is 0 Å². The minimum atomic E-state index is -4.33. The van der Waals surface area contributed by atoms with E-state index < -0.39 is 11.7 Å². The molecule has 0 aliphatic rings. The summed E-state index contributed by atoms with van der Waals surface area (Å²) in [6.07, 6.45) is -3.53. The molecule has 0 bridgehead atoms. The molecule has 0 saturated heterocycles. The number of rotatable bonds is 4. The van der Waals surface area contributed by atoms with Crippen LogP contribution < -0.4 is 5.32 Å². The van der Waals surface area contributed by atoms with Crippen LogP contribution in [0.15, 0.2) is 22.7 Å². The third kappa shape index (κ3) is 3.99. The van der Waals surface area contributed by atoms with Crippen LogP contribution in [0.4, 0.5) is 13.2 Å². The van der Waals surface area contributed by atoms with Gasteiger partial charge in [0.1, 0.15) is 0 Å². The van der Waals surface area contributed by atoms with Crippen LogP contribution in [0.3, 0.4) is 0 Å². The predicted octanol–water partition coefficient (Wildman–Crippen LogP) is 4.77. The van der Waals surface area contributed by atoms with Gasteiger partial charge < -0.3 is 5.32 Å². The molecule has 102 valence electrons. The number of hydrogen-bond acceptors (Lipinski definition) is 1. The Labute approximate surface area is 114 Å². The Balaban J connectivity index is 3.10. The van der Waals surface area contributed by atoms with Gasteiger partial charge in [-0.3, -0.25) is 0 Å². The molecule has 0 heterocycles. The summed E-state index contributed by atoms with van der Waals surface area (Å²) in [5.74, 6) is 0.417. The second kappa shape index (κ2) is 6.06. The van der Waals surface area contributed by atoms with Crippen molar-refractivity contribution in [2.24, 2.45) is 5.92 Å². The van der Waals surface area contributed by atoms with Gasteiger partial charge in [-0.1, -0.05) is 35.8 Å². The fourth-order valence-electron chi connectivity index (χ4n) is 1.87. The molecule has 1 atom stereocenters. The van der Waals surface area contributed by atoms with Crippen LogP contribution in [-0.4, -0.2) is 7.05 Å². The van der Waals surface area contributed by atoms with Crippen LogP contribution in [-0.2, 0) is 6.18 Å². The first-order valence-electron chi connectivity index (χ1n) is 5.79. The van der Waals surface area contributed by atoms with Crippen LogP contribution in [0, 0.1) is 5.92 Å². The Kier molecular flexibility index (Phi) is 5.22. The van der Waals surface area contributed by atoms with Crippen molar-refractivity contribution < 1.29 is 13.2 Å². The summed E-state index contributed by atoms with van der Waals surface area (Å²) in [5, 5.41) is 3.07. The van der Waals surface area contributed by atoms with Gasteiger partial charge in [-0.2, -0.15) is 13.2 Å². The van der Waals surface area contributed by atoms with Crippen molar-refractivity contribution in [1.29, 1.82) is 0 Å². The summed E-state index contributed by atoms with van der Waals surface area (Å²) in [6.45, 7) is 4.10. The van der Waals surface area contributed by atoms with E-state index in [1.165, 1.54) is 12.1 Å². The SMILES string of the molecule is CNC(CC(C)C)c1ccc(Br)c(C(F)(F)F)c1. The van der Waals surface area contributed by atoms with Crippen molar-refractivity contribution in [3.8, 4) is 0 Å². The summed E-state index contributed by atoms with van der Waals surface area (Å²) in [6, 6.07) is 4.35. The van der Waals surface area contributed by atoms with Crippen molar-refractivity contribution in [2.75, 3.05) is 7.05 Å². The zero-order valence-corrected chi connectivity index (χ0v) is 12.2. The maximum absolute atomic E-state index is 12.8. The van der Waals surface area contributed by atoms with Gasteiger partial charge in [0.05, 0.1) is 5.56 Å². The fourth-order valence-corrected chi connectivity index (χ4v) is 2.34. The molecule has 0 amide bonds. The second-order valence-electron chi connectivity index (χ2n) is 4.71. The van der Waals surface area contributed by atoms with Gasteiger partial charge >= 0.3 is 6.18 Å². The Morgan fingerprint density at radius 1 is 1.28 bits per heavy atom. The van der Waals surface area contributed by atoms with Crippen LogP contribution in [0.1, 0.15) is 37.4 Å². The molecule has 1 rings (SSSR count). The van der Waals surface area contributed by atoms with E-state index >= 15 is 0 Å². The smallest absolute Gasteiger partial charge is 0.313 e. The number of hydrogen-bond donors (Lipinski definition) is 1. The highest BCUT2D eigenvalue weighted by atomic mass is 79.9. The molecule has 0 radical (unpaired) electrons. The third-order valence-electron chi connectivity index (χ3n) is 2.75. The van der Waals surface area contributed by atoms with E-state index in [4.69, 9.17) is 0 Å².